The summed E-state index contributed by atoms with van der Waals surface area (Å²) in [7, 11) is -3.71. The number of nitriles is 1. The fraction of sp³-hybridized carbons (Fsp3) is 0.0952. The molecule has 124 valence electrons. The molecule has 0 spiro atoms. The van der Waals surface area contributed by atoms with Gasteiger partial charge in [0.05, 0.1) is 16.5 Å². The molecule has 1 atom stereocenters. The third-order valence-electron chi connectivity index (χ3n) is 4.13. The summed E-state index contributed by atoms with van der Waals surface area (Å²) in [5.41, 5.74) is 2.50. The first-order valence-electron chi connectivity index (χ1n) is 7.88. The zero-order chi connectivity index (χ0) is 17.9. The Morgan fingerprint density at radius 1 is 0.840 bits per heavy atom. The SMILES string of the molecule is Cc1ccc(S(=O)(=O)C(c2ccccc2)c2ccccc2C#N)cc1. The Bertz CT molecular complexity index is 1020. The first-order valence-corrected chi connectivity index (χ1v) is 9.43. The summed E-state index contributed by atoms with van der Waals surface area (Å²) in [5, 5.41) is 8.52. The molecule has 0 radical (unpaired) electrons. The molecule has 1 unspecified atom stereocenters. The molecule has 0 aromatic heterocycles. The monoisotopic (exact) mass is 347 g/mol. The number of benzene rings is 3. The standard InChI is InChI=1S/C21H17NO2S/c1-16-11-13-19(14-12-16)25(23,24)21(17-7-3-2-4-8-17)20-10-6-5-9-18(20)15-22/h2-14,21H,1H3. The van der Waals surface area contributed by atoms with Crippen molar-refractivity contribution in [3.05, 3.63) is 101 Å². The Morgan fingerprint density at radius 2 is 1.44 bits per heavy atom. The zero-order valence-corrected chi connectivity index (χ0v) is 14.6. The van der Waals surface area contributed by atoms with Crippen molar-refractivity contribution in [1.29, 1.82) is 5.26 Å². The normalized spacial score (nSPS) is 12.3. The molecule has 3 nitrogen and oxygen atoms in total. The largest absolute Gasteiger partial charge is 0.223 e. The molecule has 0 heterocycles. The molecular formula is C21H17NO2S. The van der Waals surface area contributed by atoms with Gasteiger partial charge in [0.15, 0.2) is 9.84 Å². The van der Waals surface area contributed by atoms with Crippen molar-refractivity contribution in [2.45, 2.75) is 17.1 Å². The Morgan fingerprint density at radius 3 is 2.08 bits per heavy atom. The molecule has 0 aliphatic carbocycles. The van der Waals surface area contributed by atoms with E-state index >= 15 is 0 Å². The van der Waals surface area contributed by atoms with Crippen molar-refractivity contribution in [1.82, 2.24) is 0 Å². The Hall–Kier alpha value is -2.90. The summed E-state index contributed by atoms with van der Waals surface area (Å²) in [4.78, 5) is 0.250. The van der Waals surface area contributed by atoms with Gasteiger partial charge in [-0.2, -0.15) is 5.26 Å². The fourth-order valence-electron chi connectivity index (χ4n) is 2.85. The second kappa shape index (κ2) is 6.92. The molecule has 0 fully saturated rings. The molecular weight excluding hydrogens is 330 g/mol. The lowest BCUT2D eigenvalue weighted by molar-refractivity contribution is 0.589. The highest BCUT2D eigenvalue weighted by Gasteiger charge is 2.32. The topological polar surface area (TPSA) is 57.9 Å². The minimum absolute atomic E-state index is 0.250. The lowest BCUT2D eigenvalue weighted by Gasteiger charge is -2.20. The molecule has 0 saturated carbocycles. The van der Waals surface area contributed by atoms with Crippen molar-refractivity contribution >= 4 is 9.84 Å². The van der Waals surface area contributed by atoms with E-state index in [4.69, 9.17) is 0 Å². The van der Waals surface area contributed by atoms with Crippen LogP contribution in [-0.2, 0) is 9.84 Å². The maximum Gasteiger partial charge on any atom is 0.189 e. The van der Waals surface area contributed by atoms with Crippen LogP contribution in [0.1, 0.15) is 27.5 Å². The lowest BCUT2D eigenvalue weighted by atomic mass is 10.00. The van der Waals surface area contributed by atoms with E-state index < -0.39 is 15.1 Å². The van der Waals surface area contributed by atoms with Crippen LogP contribution in [0.25, 0.3) is 0 Å². The van der Waals surface area contributed by atoms with Crippen molar-refractivity contribution in [2.75, 3.05) is 0 Å². The molecule has 25 heavy (non-hydrogen) atoms. The van der Waals surface area contributed by atoms with Crippen LogP contribution in [0.4, 0.5) is 0 Å². The second-order valence-corrected chi connectivity index (χ2v) is 7.88. The third kappa shape index (κ3) is 3.33. The highest BCUT2D eigenvalue weighted by Crippen LogP contribution is 2.36. The molecule has 0 aliphatic heterocycles. The Labute approximate surface area is 148 Å². The smallest absolute Gasteiger partial charge is 0.189 e. The summed E-state index contributed by atoms with van der Waals surface area (Å²) >= 11 is 0. The number of hydrogen-bond acceptors (Lipinski definition) is 3. The number of hydrogen-bond donors (Lipinski definition) is 0. The zero-order valence-electron chi connectivity index (χ0n) is 13.8. The molecule has 0 amide bonds. The highest BCUT2D eigenvalue weighted by atomic mass is 32.2. The van der Waals surface area contributed by atoms with Gasteiger partial charge in [-0.05, 0) is 36.2 Å². The van der Waals surface area contributed by atoms with E-state index in [9.17, 15) is 13.7 Å². The molecule has 0 N–H and O–H groups in total. The van der Waals surface area contributed by atoms with Crippen LogP contribution < -0.4 is 0 Å². The molecule has 0 saturated heterocycles. The molecule has 3 aromatic carbocycles. The second-order valence-electron chi connectivity index (χ2n) is 5.85. The summed E-state index contributed by atoms with van der Waals surface area (Å²) in [6.45, 7) is 1.91. The third-order valence-corrected chi connectivity index (χ3v) is 6.20. The van der Waals surface area contributed by atoms with Gasteiger partial charge in [-0.3, -0.25) is 0 Å². The van der Waals surface area contributed by atoms with E-state index in [0.717, 1.165) is 5.56 Å². The van der Waals surface area contributed by atoms with E-state index in [-0.39, 0.29) is 4.90 Å². The van der Waals surface area contributed by atoms with Crippen molar-refractivity contribution < 1.29 is 8.42 Å². The predicted octanol–water partition coefficient (Wildman–Crippen LogP) is 4.43. The number of rotatable bonds is 4. The summed E-state index contributed by atoms with van der Waals surface area (Å²) in [6.07, 6.45) is 0. The van der Waals surface area contributed by atoms with Gasteiger partial charge in [-0.15, -0.1) is 0 Å². The van der Waals surface area contributed by atoms with Crippen LogP contribution in [-0.4, -0.2) is 8.42 Å². The van der Waals surface area contributed by atoms with Crippen LogP contribution in [0.5, 0.6) is 0 Å². The van der Waals surface area contributed by atoms with Gasteiger partial charge in [0.25, 0.3) is 0 Å². The molecule has 3 rings (SSSR count). The minimum Gasteiger partial charge on any atom is -0.223 e. The number of aryl methyl sites for hydroxylation is 1. The van der Waals surface area contributed by atoms with E-state index in [0.29, 0.717) is 16.7 Å². The molecule has 0 bridgehead atoms. The van der Waals surface area contributed by atoms with Gasteiger partial charge in [-0.1, -0.05) is 66.2 Å². The van der Waals surface area contributed by atoms with Crippen molar-refractivity contribution in [2.24, 2.45) is 0 Å². The molecule has 4 heteroatoms. The number of sulfone groups is 1. The Kier molecular flexibility index (Phi) is 4.69. The highest BCUT2D eigenvalue weighted by molar-refractivity contribution is 7.92. The summed E-state index contributed by atoms with van der Waals surface area (Å²) in [5.74, 6) is 0. The minimum atomic E-state index is -3.71. The lowest BCUT2D eigenvalue weighted by Crippen LogP contribution is -2.16. The van der Waals surface area contributed by atoms with Gasteiger partial charge in [-0.25, -0.2) is 8.42 Å². The van der Waals surface area contributed by atoms with Gasteiger partial charge in [0, 0.05) is 0 Å². The maximum atomic E-state index is 13.4. The van der Waals surface area contributed by atoms with Gasteiger partial charge >= 0.3 is 0 Å². The quantitative estimate of drug-likeness (QED) is 0.701. The van der Waals surface area contributed by atoms with Gasteiger partial charge < -0.3 is 0 Å². The average molecular weight is 347 g/mol. The van der Waals surface area contributed by atoms with Crippen LogP contribution in [0.15, 0.2) is 83.8 Å². The van der Waals surface area contributed by atoms with E-state index in [1.54, 1.807) is 60.7 Å². The van der Waals surface area contributed by atoms with Crippen molar-refractivity contribution in [3.63, 3.8) is 0 Å². The maximum absolute atomic E-state index is 13.4. The first-order chi connectivity index (χ1) is 12.0. The van der Waals surface area contributed by atoms with E-state index in [1.807, 2.05) is 25.1 Å². The Balaban J connectivity index is 2.25. The van der Waals surface area contributed by atoms with Crippen LogP contribution in [0, 0.1) is 18.3 Å². The van der Waals surface area contributed by atoms with E-state index in [2.05, 4.69) is 6.07 Å². The first kappa shape index (κ1) is 16.9. The fourth-order valence-corrected chi connectivity index (χ4v) is 4.69. The predicted molar refractivity (Wildman–Crippen MR) is 97.8 cm³/mol. The van der Waals surface area contributed by atoms with E-state index in [1.165, 1.54) is 0 Å². The number of nitrogens with zero attached hydrogens (tertiary/aromatic N) is 1. The van der Waals surface area contributed by atoms with Crippen molar-refractivity contribution in [3.8, 4) is 6.07 Å². The molecule has 0 aliphatic rings. The van der Waals surface area contributed by atoms with Gasteiger partial charge in [0.1, 0.15) is 5.25 Å². The summed E-state index contributed by atoms with van der Waals surface area (Å²) < 4.78 is 26.8. The van der Waals surface area contributed by atoms with Crippen LogP contribution in [0.3, 0.4) is 0 Å². The van der Waals surface area contributed by atoms with Crippen LogP contribution >= 0.6 is 0 Å². The van der Waals surface area contributed by atoms with Gasteiger partial charge in [0.2, 0.25) is 0 Å². The average Bonchev–Trinajstić information content (AvgIpc) is 2.63. The molecule has 3 aromatic rings. The summed E-state index contributed by atoms with van der Waals surface area (Å²) in [6, 6.07) is 24.8. The van der Waals surface area contributed by atoms with Crippen LogP contribution in [0.2, 0.25) is 0 Å².